The van der Waals surface area contributed by atoms with Gasteiger partial charge in [0.2, 0.25) is 6.79 Å². The fourth-order valence-corrected chi connectivity index (χ4v) is 2.90. The SMILES string of the molecule is CNCC1CC1(C)CCc1ccc2c(c1)OCO2. The Bertz CT molecular complexity index is 446. The van der Waals surface area contributed by atoms with Gasteiger partial charge in [0, 0.05) is 0 Å². The van der Waals surface area contributed by atoms with E-state index in [1.807, 2.05) is 13.1 Å². The molecule has 18 heavy (non-hydrogen) atoms. The van der Waals surface area contributed by atoms with Crippen molar-refractivity contribution in [2.24, 2.45) is 11.3 Å². The van der Waals surface area contributed by atoms with Crippen LogP contribution >= 0.6 is 0 Å². The molecule has 1 aliphatic heterocycles. The second-order valence-corrected chi connectivity index (χ2v) is 5.80. The van der Waals surface area contributed by atoms with Gasteiger partial charge < -0.3 is 14.8 Å². The highest BCUT2D eigenvalue weighted by molar-refractivity contribution is 5.44. The molecule has 1 aromatic carbocycles. The fourth-order valence-electron chi connectivity index (χ4n) is 2.90. The molecule has 1 N–H and O–H groups in total. The van der Waals surface area contributed by atoms with E-state index >= 15 is 0 Å². The molecule has 2 atom stereocenters. The quantitative estimate of drug-likeness (QED) is 0.867. The summed E-state index contributed by atoms with van der Waals surface area (Å²) in [6.45, 7) is 3.92. The van der Waals surface area contributed by atoms with E-state index in [2.05, 4.69) is 24.4 Å². The van der Waals surface area contributed by atoms with Crippen molar-refractivity contribution in [3.63, 3.8) is 0 Å². The second kappa shape index (κ2) is 4.47. The smallest absolute Gasteiger partial charge is 0.231 e. The molecule has 1 saturated carbocycles. The lowest BCUT2D eigenvalue weighted by Gasteiger charge is -2.11. The van der Waals surface area contributed by atoms with Crippen LogP contribution < -0.4 is 14.8 Å². The molecular weight excluding hydrogens is 226 g/mol. The summed E-state index contributed by atoms with van der Waals surface area (Å²) in [5, 5.41) is 3.28. The van der Waals surface area contributed by atoms with Crippen molar-refractivity contribution in [3.8, 4) is 11.5 Å². The average molecular weight is 247 g/mol. The first-order valence-corrected chi connectivity index (χ1v) is 6.74. The molecule has 0 amide bonds. The maximum absolute atomic E-state index is 5.41. The van der Waals surface area contributed by atoms with E-state index in [0.29, 0.717) is 12.2 Å². The summed E-state index contributed by atoms with van der Waals surface area (Å²) in [7, 11) is 2.04. The molecule has 3 nitrogen and oxygen atoms in total. The second-order valence-electron chi connectivity index (χ2n) is 5.80. The van der Waals surface area contributed by atoms with Crippen LogP contribution in [-0.4, -0.2) is 20.4 Å². The molecule has 2 aliphatic rings. The summed E-state index contributed by atoms with van der Waals surface area (Å²) >= 11 is 0. The molecule has 2 unspecified atom stereocenters. The van der Waals surface area contributed by atoms with E-state index in [1.165, 1.54) is 18.4 Å². The van der Waals surface area contributed by atoms with E-state index in [9.17, 15) is 0 Å². The number of hydrogen-bond donors (Lipinski definition) is 1. The molecule has 0 saturated heterocycles. The molecule has 1 aliphatic carbocycles. The summed E-state index contributed by atoms with van der Waals surface area (Å²) in [5.74, 6) is 2.64. The van der Waals surface area contributed by atoms with Gasteiger partial charge >= 0.3 is 0 Å². The highest BCUT2D eigenvalue weighted by Crippen LogP contribution is 2.55. The van der Waals surface area contributed by atoms with Crippen LogP contribution in [0.25, 0.3) is 0 Å². The topological polar surface area (TPSA) is 30.5 Å². The van der Waals surface area contributed by atoms with Gasteiger partial charge in [0.15, 0.2) is 11.5 Å². The largest absolute Gasteiger partial charge is 0.454 e. The number of fused-ring (bicyclic) bond motifs is 1. The van der Waals surface area contributed by atoms with Gasteiger partial charge in [-0.05, 0) is 61.9 Å². The molecule has 3 rings (SSSR count). The molecule has 1 fully saturated rings. The molecular formula is C15H21NO2. The van der Waals surface area contributed by atoms with Crippen molar-refractivity contribution in [1.29, 1.82) is 0 Å². The Morgan fingerprint density at radius 2 is 2.17 bits per heavy atom. The van der Waals surface area contributed by atoms with Crippen molar-refractivity contribution in [2.45, 2.75) is 26.2 Å². The number of hydrogen-bond acceptors (Lipinski definition) is 3. The van der Waals surface area contributed by atoms with Gasteiger partial charge in [-0.3, -0.25) is 0 Å². The third-order valence-electron chi connectivity index (χ3n) is 4.41. The summed E-state index contributed by atoms with van der Waals surface area (Å²) in [6, 6.07) is 6.31. The average Bonchev–Trinajstić information content (AvgIpc) is 2.82. The third-order valence-corrected chi connectivity index (χ3v) is 4.41. The van der Waals surface area contributed by atoms with Crippen LogP contribution in [0.2, 0.25) is 0 Å². The predicted octanol–water partition coefficient (Wildman–Crippen LogP) is 2.59. The van der Waals surface area contributed by atoms with Crippen LogP contribution in [0.5, 0.6) is 11.5 Å². The summed E-state index contributed by atoms with van der Waals surface area (Å²) < 4.78 is 10.7. The van der Waals surface area contributed by atoms with Crippen molar-refractivity contribution >= 4 is 0 Å². The predicted molar refractivity (Wildman–Crippen MR) is 71.0 cm³/mol. The van der Waals surface area contributed by atoms with Gasteiger partial charge in [0.1, 0.15) is 0 Å². The fraction of sp³-hybridized carbons (Fsp3) is 0.600. The zero-order valence-corrected chi connectivity index (χ0v) is 11.2. The number of ether oxygens (including phenoxy) is 2. The maximum atomic E-state index is 5.41. The molecule has 98 valence electrons. The Balaban J connectivity index is 1.58. The van der Waals surface area contributed by atoms with Gasteiger partial charge in [-0.1, -0.05) is 13.0 Å². The van der Waals surface area contributed by atoms with Crippen molar-refractivity contribution in [1.82, 2.24) is 5.32 Å². The van der Waals surface area contributed by atoms with Crippen molar-refractivity contribution in [2.75, 3.05) is 20.4 Å². The molecule has 0 radical (unpaired) electrons. The maximum Gasteiger partial charge on any atom is 0.231 e. The molecule has 3 heteroatoms. The molecule has 1 heterocycles. The third kappa shape index (κ3) is 2.19. The zero-order chi connectivity index (χ0) is 12.6. The van der Waals surface area contributed by atoms with Gasteiger partial charge in [-0.25, -0.2) is 0 Å². The van der Waals surface area contributed by atoms with Crippen LogP contribution in [0.4, 0.5) is 0 Å². The van der Waals surface area contributed by atoms with E-state index in [4.69, 9.17) is 9.47 Å². The summed E-state index contributed by atoms with van der Waals surface area (Å²) in [5.41, 5.74) is 1.90. The lowest BCUT2D eigenvalue weighted by Crippen LogP contribution is -2.14. The number of aryl methyl sites for hydroxylation is 1. The van der Waals surface area contributed by atoms with Crippen LogP contribution in [0, 0.1) is 11.3 Å². The minimum absolute atomic E-state index is 0.362. The van der Waals surface area contributed by atoms with Crippen LogP contribution in [0.15, 0.2) is 18.2 Å². The van der Waals surface area contributed by atoms with Crippen molar-refractivity contribution < 1.29 is 9.47 Å². The van der Waals surface area contributed by atoms with Crippen LogP contribution in [0.3, 0.4) is 0 Å². The lowest BCUT2D eigenvalue weighted by atomic mass is 9.96. The molecule has 0 aromatic heterocycles. The Morgan fingerprint density at radius 3 is 3.00 bits per heavy atom. The minimum Gasteiger partial charge on any atom is -0.454 e. The van der Waals surface area contributed by atoms with Crippen LogP contribution in [0.1, 0.15) is 25.3 Å². The van der Waals surface area contributed by atoms with Gasteiger partial charge in [0.25, 0.3) is 0 Å². The Labute approximate surface area is 108 Å². The first kappa shape index (κ1) is 11.8. The zero-order valence-electron chi connectivity index (χ0n) is 11.2. The van der Waals surface area contributed by atoms with Crippen molar-refractivity contribution in [3.05, 3.63) is 23.8 Å². The van der Waals surface area contributed by atoms with Crippen LogP contribution in [-0.2, 0) is 6.42 Å². The summed E-state index contributed by atoms with van der Waals surface area (Å²) in [4.78, 5) is 0. The summed E-state index contributed by atoms with van der Waals surface area (Å²) in [6.07, 6.45) is 3.75. The highest BCUT2D eigenvalue weighted by Gasteiger charge is 2.48. The van der Waals surface area contributed by atoms with E-state index in [0.717, 1.165) is 30.4 Å². The minimum atomic E-state index is 0.362. The van der Waals surface area contributed by atoms with Gasteiger partial charge in [0.05, 0.1) is 0 Å². The molecule has 1 aromatic rings. The Hall–Kier alpha value is -1.22. The van der Waals surface area contributed by atoms with Gasteiger partial charge in [-0.15, -0.1) is 0 Å². The first-order chi connectivity index (χ1) is 8.71. The number of rotatable bonds is 5. The molecule has 0 spiro atoms. The number of benzene rings is 1. The standard InChI is InChI=1S/C15H21NO2/c1-15(8-12(15)9-16-2)6-5-11-3-4-13-14(7-11)18-10-17-13/h3-4,7,12,16H,5-6,8-10H2,1-2H3. The monoisotopic (exact) mass is 247 g/mol. The molecule has 0 bridgehead atoms. The highest BCUT2D eigenvalue weighted by atomic mass is 16.7. The van der Waals surface area contributed by atoms with E-state index in [1.54, 1.807) is 0 Å². The first-order valence-electron chi connectivity index (χ1n) is 6.74. The normalized spacial score (nSPS) is 28.4. The number of nitrogens with one attached hydrogen (secondary N) is 1. The van der Waals surface area contributed by atoms with Gasteiger partial charge in [-0.2, -0.15) is 0 Å². The lowest BCUT2D eigenvalue weighted by molar-refractivity contribution is 0.174. The Morgan fingerprint density at radius 1 is 1.33 bits per heavy atom. The van der Waals surface area contributed by atoms with E-state index in [-0.39, 0.29) is 0 Å². The van der Waals surface area contributed by atoms with E-state index < -0.39 is 0 Å². The Kier molecular flexibility index (Phi) is 2.94.